The fraction of sp³-hybridized carbons (Fsp3) is 0.348. The van der Waals surface area contributed by atoms with Crippen LogP contribution in [-0.4, -0.2) is 46.2 Å². The Morgan fingerprint density at radius 1 is 1.09 bits per heavy atom. The number of aromatic nitrogens is 3. The van der Waals surface area contributed by atoms with Gasteiger partial charge in [-0.3, -0.25) is 4.79 Å². The predicted octanol–water partition coefficient (Wildman–Crippen LogP) is 4.11. The Labute approximate surface area is 197 Å². The lowest BCUT2D eigenvalue weighted by Gasteiger charge is -2.37. The SMILES string of the molecule is CC1CN(c2ccc(CNC(=O)c3nnn(-c4ccc(F)cc4)c3C(F)(F)F)cc2F)CC(C)O1. The molecule has 1 saturated heterocycles. The summed E-state index contributed by atoms with van der Waals surface area (Å²) in [5.74, 6) is -2.29. The fourth-order valence-corrected chi connectivity index (χ4v) is 4.01. The number of hydrogen-bond donors (Lipinski definition) is 1. The van der Waals surface area contributed by atoms with Crippen LogP contribution in [0.1, 0.15) is 35.6 Å². The highest BCUT2D eigenvalue weighted by Gasteiger charge is 2.42. The highest BCUT2D eigenvalue weighted by atomic mass is 19.4. The molecule has 1 aromatic heterocycles. The Morgan fingerprint density at radius 2 is 1.74 bits per heavy atom. The number of nitrogens with zero attached hydrogens (tertiary/aromatic N) is 4. The minimum atomic E-state index is -4.97. The maximum Gasteiger partial charge on any atom is 0.435 e. The molecule has 2 heterocycles. The van der Waals surface area contributed by atoms with Crippen LogP contribution in [0.2, 0.25) is 0 Å². The van der Waals surface area contributed by atoms with E-state index >= 15 is 0 Å². The molecule has 0 radical (unpaired) electrons. The Morgan fingerprint density at radius 3 is 2.34 bits per heavy atom. The van der Waals surface area contributed by atoms with Crippen LogP contribution in [-0.2, 0) is 17.5 Å². The molecule has 12 heteroatoms. The molecule has 1 amide bonds. The molecule has 1 N–H and O–H groups in total. The van der Waals surface area contributed by atoms with Crippen LogP contribution in [0.3, 0.4) is 0 Å². The third kappa shape index (κ3) is 5.42. The number of anilines is 1. The molecular weight excluding hydrogens is 473 g/mol. The summed E-state index contributed by atoms with van der Waals surface area (Å²) in [5, 5.41) is 9.16. The van der Waals surface area contributed by atoms with Gasteiger partial charge in [-0.2, -0.15) is 13.2 Å². The molecule has 1 aliphatic rings. The number of hydrogen-bond acceptors (Lipinski definition) is 5. The van der Waals surface area contributed by atoms with Crippen LogP contribution in [0, 0.1) is 11.6 Å². The standard InChI is InChI=1S/C23H22F5N5O2/c1-13-11-32(12-14(2)35-13)19-8-3-15(9-18(19)25)10-29-22(34)20-21(23(26,27)28)33(31-30-20)17-6-4-16(24)5-7-17/h3-9,13-14H,10-12H2,1-2H3,(H,29,34). The Bertz CT molecular complexity index is 1200. The Balaban J connectivity index is 1.51. The van der Waals surface area contributed by atoms with E-state index in [1.165, 1.54) is 6.07 Å². The molecular formula is C23H22F5N5O2. The molecule has 2 atom stereocenters. The van der Waals surface area contributed by atoms with Gasteiger partial charge in [-0.05, 0) is 55.8 Å². The van der Waals surface area contributed by atoms with Crippen LogP contribution < -0.4 is 10.2 Å². The third-order valence-electron chi connectivity index (χ3n) is 5.45. The molecule has 0 spiro atoms. The van der Waals surface area contributed by atoms with Crippen molar-refractivity contribution in [3.05, 3.63) is 71.1 Å². The highest BCUT2D eigenvalue weighted by molar-refractivity contribution is 5.93. The molecule has 1 aliphatic heterocycles. The second-order valence-electron chi connectivity index (χ2n) is 8.30. The van der Waals surface area contributed by atoms with Crippen molar-refractivity contribution in [3.63, 3.8) is 0 Å². The van der Waals surface area contributed by atoms with Crippen molar-refractivity contribution >= 4 is 11.6 Å². The first-order valence-electron chi connectivity index (χ1n) is 10.8. The van der Waals surface area contributed by atoms with Crippen molar-refractivity contribution in [3.8, 4) is 5.69 Å². The minimum absolute atomic E-state index is 0.0664. The molecule has 2 unspecified atom stereocenters. The minimum Gasteiger partial charge on any atom is -0.372 e. The number of alkyl halides is 3. The number of amides is 1. The first kappa shape index (κ1) is 24.6. The molecule has 0 saturated carbocycles. The molecule has 4 rings (SSSR count). The number of carbonyl (C=O) groups is 1. The van der Waals surface area contributed by atoms with Gasteiger partial charge in [-0.25, -0.2) is 13.5 Å². The summed E-state index contributed by atoms with van der Waals surface area (Å²) in [6.45, 7) is 4.59. The average Bonchev–Trinajstić information content (AvgIpc) is 3.23. The van der Waals surface area contributed by atoms with E-state index in [-0.39, 0.29) is 24.4 Å². The van der Waals surface area contributed by atoms with Crippen molar-refractivity contribution < 1.29 is 31.5 Å². The molecule has 7 nitrogen and oxygen atoms in total. The number of benzene rings is 2. The molecule has 186 valence electrons. The van der Waals surface area contributed by atoms with Gasteiger partial charge in [-0.1, -0.05) is 11.3 Å². The van der Waals surface area contributed by atoms with Gasteiger partial charge in [0.15, 0.2) is 11.4 Å². The van der Waals surface area contributed by atoms with Gasteiger partial charge < -0.3 is 15.0 Å². The average molecular weight is 495 g/mol. The summed E-state index contributed by atoms with van der Waals surface area (Å²) in [6, 6.07) is 8.47. The topological polar surface area (TPSA) is 72.3 Å². The van der Waals surface area contributed by atoms with Crippen molar-refractivity contribution in [1.82, 2.24) is 20.3 Å². The van der Waals surface area contributed by atoms with Crippen LogP contribution in [0.5, 0.6) is 0 Å². The van der Waals surface area contributed by atoms with E-state index in [0.717, 1.165) is 24.3 Å². The molecule has 3 aromatic rings. The van der Waals surface area contributed by atoms with Crippen LogP contribution in [0.15, 0.2) is 42.5 Å². The zero-order valence-corrected chi connectivity index (χ0v) is 18.8. The number of carbonyl (C=O) groups excluding carboxylic acids is 1. The zero-order valence-electron chi connectivity index (χ0n) is 18.8. The van der Waals surface area contributed by atoms with Gasteiger partial charge in [0.05, 0.1) is 23.6 Å². The third-order valence-corrected chi connectivity index (χ3v) is 5.45. The van der Waals surface area contributed by atoms with E-state index in [2.05, 4.69) is 15.6 Å². The lowest BCUT2D eigenvalue weighted by atomic mass is 10.1. The smallest absolute Gasteiger partial charge is 0.372 e. The summed E-state index contributed by atoms with van der Waals surface area (Å²) < 4.78 is 75.2. The summed E-state index contributed by atoms with van der Waals surface area (Å²) in [4.78, 5) is 14.4. The van der Waals surface area contributed by atoms with E-state index in [9.17, 15) is 26.7 Å². The number of rotatable bonds is 5. The van der Waals surface area contributed by atoms with E-state index in [4.69, 9.17) is 4.74 Å². The van der Waals surface area contributed by atoms with Crippen molar-refractivity contribution in [2.75, 3.05) is 18.0 Å². The van der Waals surface area contributed by atoms with Crippen LogP contribution in [0.25, 0.3) is 5.69 Å². The first-order valence-corrected chi connectivity index (χ1v) is 10.8. The van der Waals surface area contributed by atoms with Crippen molar-refractivity contribution in [2.24, 2.45) is 0 Å². The van der Waals surface area contributed by atoms with Crippen molar-refractivity contribution in [1.29, 1.82) is 0 Å². The second kappa shape index (κ2) is 9.61. The van der Waals surface area contributed by atoms with Gasteiger partial charge in [0.2, 0.25) is 0 Å². The quantitative estimate of drug-likeness (QED) is 0.540. The van der Waals surface area contributed by atoms with E-state index < -0.39 is 35.1 Å². The fourth-order valence-electron chi connectivity index (χ4n) is 4.01. The zero-order chi connectivity index (χ0) is 25.3. The maximum absolute atomic E-state index is 14.8. The summed E-state index contributed by atoms with van der Waals surface area (Å²) >= 11 is 0. The van der Waals surface area contributed by atoms with Gasteiger partial charge in [0, 0.05) is 19.6 Å². The van der Waals surface area contributed by atoms with E-state index in [1.54, 1.807) is 12.1 Å². The number of morpholine rings is 1. The normalized spacial score (nSPS) is 18.5. The monoisotopic (exact) mass is 495 g/mol. The van der Waals surface area contributed by atoms with Crippen LogP contribution in [0.4, 0.5) is 27.6 Å². The van der Waals surface area contributed by atoms with E-state index in [1.807, 2.05) is 18.7 Å². The molecule has 1 fully saturated rings. The van der Waals surface area contributed by atoms with Gasteiger partial charge >= 0.3 is 6.18 Å². The lowest BCUT2D eigenvalue weighted by molar-refractivity contribution is -0.143. The van der Waals surface area contributed by atoms with Gasteiger partial charge in [-0.15, -0.1) is 5.10 Å². The van der Waals surface area contributed by atoms with E-state index in [0.29, 0.717) is 29.0 Å². The molecule has 0 aliphatic carbocycles. The largest absolute Gasteiger partial charge is 0.435 e. The highest BCUT2D eigenvalue weighted by Crippen LogP contribution is 2.33. The second-order valence-corrected chi connectivity index (χ2v) is 8.30. The summed E-state index contributed by atoms with van der Waals surface area (Å²) in [6.07, 6.45) is -5.10. The number of ether oxygens (including phenoxy) is 1. The molecule has 35 heavy (non-hydrogen) atoms. The predicted molar refractivity (Wildman–Crippen MR) is 116 cm³/mol. The first-order chi connectivity index (χ1) is 16.5. The number of nitrogens with one attached hydrogen (secondary N) is 1. The Hall–Kier alpha value is -3.54. The summed E-state index contributed by atoms with van der Waals surface area (Å²) in [5.41, 5.74) is -1.74. The summed E-state index contributed by atoms with van der Waals surface area (Å²) in [7, 11) is 0. The van der Waals surface area contributed by atoms with Crippen LogP contribution >= 0.6 is 0 Å². The lowest BCUT2D eigenvalue weighted by Crippen LogP contribution is -2.45. The maximum atomic E-state index is 14.8. The Kier molecular flexibility index (Phi) is 6.75. The molecule has 2 aromatic carbocycles. The van der Waals surface area contributed by atoms with Crippen molar-refractivity contribution in [2.45, 2.75) is 38.8 Å². The van der Waals surface area contributed by atoms with Gasteiger partial charge in [0.25, 0.3) is 5.91 Å². The van der Waals surface area contributed by atoms with Gasteiger partial charge in [0.1, 0.15) is 11.6 Å². The molecule has 0 bridgehead atoms. The number of halogens is 5.